The molecule has 0 aromatic rings. The standard InChI is InChI=1S/C6H7NO2S/c8-5-4-2-1-3-7(4)6(10)9-5/h4H,1-3H2. The predicted octanol–water partition coefficient (Wildman–Crippen LogP) is 0.292. The third-order valence-electron chi connectivity index (χ3n) is 1.95. The van der Waals surface area contributed by atoms with Crippen molar-refractivity contribution < 1.29 is 9.53 Å². The average molecular weight is 157 g/mol. The minimum Gasteiger partial charge on any atom is -0.397 e. The van der Waals surface area contributed by atoms with E-state index in [1.54, 1.807) is 0 Å². The summed E-state index contributed by atoms with van der Waals surface area (Å²) in [6.45, 7) is 0.884. The zero-order chi connectivity index (χ0) is 7.14. The fourth-order valence-electron chi connectivity index (χ4n) is 1.44. The molecule has 0 spiro atoms. The maximum absolute atomic E-state index is 10.9. The molecule has 0 radical (unpaired) electrons. The first-order valence-electron chi connectivity index (χ1n) is 3.31. The Bertz CT molecular complexity index is 184. The molecule has 54 valence electrons. The number of nitrogens with zero attached hydrogens (tertiary/aromatic N) is 1. The van der Waals surface area contributed by atoms with Gasteiger partial charge in [-0.25, -0.2) is 4.79 Å². The van der Waals surface area contributed by atoms with Crippen molar-refractivity contribution in [1.29, 1.82) is 0 Å². The van der Waals surface area contributed by atoms with Gasteiger partial charge in [0.05, 0.1) is 0 Å². The maximum atomic E-state index is 10.9. The van der Waals surface area contributed by atoms with E-state index in [0.717, 1.165) is 19.4 Å². The molecule has 2 heterocycles. The summed E-state index contributed by atoms with van der Waals surface area (Å²) in [4.78, 5) is 12.8. The molecular formula is C6H7NO2S. The van der Waals surface area contributed by atoms with Crippen LogP contribution >= 0.6 is 12.2 Å². The Morgan fingerprint density at radius 1 is 1.70 bits per heavy atom. The molecule has 0 aliphatic carbocycles. The quantitative estimate of drug-likeness (QED) is 0.373. The van der Waals surface area contributed by atoms with Crippen LogP contribution in [0.1, 0.15) is 12.8 Å². The van der Waals surface area contributed by atoms with E-state index in [-0.39, 0.29) is 12.0 Å². The Balaban J connectivity index is 2.27. The summed E-state index contributed by atoms with van der Waals surface area (Å²) in [6, 6.07) is -0.0486. The number of carbonyl (C=O) groups excluding carboxylic acids is 1. The summed E-state index contributed by atoms with van der Waals surface area (Å²) >= 11 is 4.82. The van der Waals surface area contributed by atoms with Gasteiger partial charge < -0.3 is 9.64 Å². The molecule has 2 rings (SSSR count). The fraction of sp³-hybridized carbons (Fsp3) is 0.667. The van der Waals surface area contributed by atoms with Crippen LogP contribution in [0, 0.1) is 0 Å². The van der Waals surface area contributed by atoms with Crippen LogP contribution in [0.3, 0.4) is 0 Å². The van der Waals surface area contributed by atoms with Gasteiger partial charge in [-0.15, -0.1) is 0 Å². The Morgan fingerprint density at radius 2 is 2.50 bits per heavy atom. The summed E-state index contributed by atoms with van der Waals surface area (Å²) in [6.07, 6.45) is 1.96. The monoisotopic (exact) mass is 157 g/mol. The van der Waals surface area contributed by atoms with Gasteiger partial charge in [-0.3, -0.25) is 0 Å². The van der Waals surface area contributed by atoms with E-state index < -0.39 is 0 Å². The molecule has 0 N–H and O–H groups in total. The Labute approximate surface area is 63.9 Å². The molecule has 0 aromatic carbocycles. The number of fused-ring (bicyclic) bond motifs is 1. The van der Waals surface area contributed by atoms with Gasteiger partial charge in [-0.2, -0.15) is 0 Å². The van der Waals surface area contributed by atoms with E-state index >= 15 is 0 Å². The topological polar surface area (TPSA) is 29.5 Å². The number of esters is 1. The summed E-state index contributed by atoms with van der Waals surface area (Å²) in [5.41, 5.74) is 0. The lowest BCUT2D eigenvalue weighted by molar-refractivity contribution is -0.134. The molecule has 1 unspecified atom stereocenters. The molecule has 2 fully saturated rings. The van der Waals surface area contributed by atoms with Gasteiger partial charge in [0.25, 0.3) is 5.17 Å². The highest BCUT2D eigenvalue weighted by molar-refractivity contribution is 7.80. The van der Waals surface area contributed by atoms with Gasteiger partial charge >= 0.3 is 5.97 Å². The van der Waals surface area contributed by atoms with Crippen molar-refractivity contribution in [2.45, 2.75) is 18.9 Å². The summed E-state index contributed by atoms with van der Waals surface area (Å²) in [7, 11) is 0. The van der Waals surface area contributed by atoms with Gasteiger partial charge in [0.2, 0.25) is 0 Å². The molecule has 0 amide bonds. The molecule has 0 saturated carbocycles. The minimum absolute atomic E-state index is 0.0486. The first kappa shape index (κ1) is 6.09. The lowest BCUT2D eigenvalue weighted by Gasteiger charge is -2.09. The third-order valence-corrected chi connectivity index (χ3v) is 2.27. The molecule has 4 heteroatoms. The summed E-state index contributed by atoms with van der Waals surface area (Å²) < 4.78 is 4.75. The van der Waals surface area contributed by atoms with Crippen LogP contribution in [0.2, 0.25) is 0 Å². The number of hydrogen-bond donors (Lipinski definition) is 0. The molecule has 10 heavy (non-hydrogen) atoms. The number of carbonyl (C=O) groups is 1. The van der Waals surface area contributed by atoms with E-state index in [1.165, 1.54) is 0 Å². The first-order chi connectivity index (χ1) is 4.79. The lowest BCUT2D eigenvalue weighted by atomic mass is 10.2. The third kappa shape index (κ3) is 0.653. The van der Waals surface area contributed by atoms with Gasteiger partial charge in [0.1, 0.15) is 6.04 Å². The molecule has 3 nitrogen and oxygen atoms in total. The minimum atomic E-state index is -0.164. The molecule has 0 bridgehead atoms. The van der Waals surface area contributed by atoms with Gasteiger partial charge in [0, 0.05) is 6.54 Å². The number of thiocarbonyl (C=S) groups is 1. The molecule has 1 atom stereocenters. The highest BCUT2D eigenvalue weighted by Crippen LogP contribution is 2.24. The Hall–Kier alpha value is -0.640. The van der Waals surface area contributed by atoms with Crippen LogP contribution in [-0.2, 0) is 9.53 Å². The number of rotatable bonds is 0. The average Bonchev–Trinajstić information content (AvgIpc) is 2.39. The predicted molar refractivity (Wildman–Crippen MR) is 38.4 cm³/mol. The Morgan fingerprint density at radius 3 is 3.20 bits per heavy atom. The van der Waals surface area contributed by atoms with E-state index in [0.29, 0.717) is 5.17 Å². The van der Waals surface area contributed by atoms with Crippen molar-refractivity contribution in [3.63, 3.8) is 0 Å². The molecule has 0 aromatic heterocycles. The second-order valence-corrected chi connectivity index (χ2v) is 2.89. The second kappa shape index (κ2) is 1.92. The van der Waals surface area contributed by atoms with E-state index in [4.69, 9.17) is 17.0 Å². The Kier molecular flexibility index (Phi) is 1.17. The van der Waals surface area contributed by atoms with Crippen molar-refractivity contribution in [2.75, 3.05) is 6.54 Å². The van der Waals surface area contributed by atoms with Crippen molar-refractivity contribution >= 4 is 23.4 Å². The zero-order valence-corrected chi connectivity index (χ0v) is 6.19. The highest BCUT2D eigenvalue weighted by Gasteiger charge is 2.41. The van der Waals surface area contributed by atoms with Crippen LogP contribution in [0.4, 0.5) is 0 Å². The first-order valence-corrected chi connectivity index (χ1v) is 3.72. The lowest BCUT2D eigenvalue weighted by Crippen LogP contribution is -2.27. The van der Waals surface area contributed by atoms with Crippen molar-refractivity contribution in [3.05, 3.63) is 0 Å². The SMILES string of the molecule is O=C1OC(=S)N2CCCC12. The van der Waals surface area contributed by atoms with E-state index in [2.05, 4.69) is 0 Å². The zero-order valence-electron chi connectivity index (χ0n) is 5.37. The molecule has 2 aliphatic rings. The van der Waals surface area contributed by atoms with E-state index in [9.17, 15) is 4.79 Å². The summed E-state index contributed by atoms with van der Waals surface area (Å²) in [5.74, 6) is -0.164. The van der Waals surface area contributed by atoms with Crippen LogP contribution in [0.5, 0.6) is 0 Å². The van der Waals surface area contributed by atoms with Crippen LogP contribution in [0.25, 0.3) is 0 Å². The molecule has 2 aliphatic heterocycles. The van der Waals surface area contributed by atoms with Crippen molar-refractivity contribution in [1.82, 2.24) is 4.90 Å². The van der Waals surface area contributed by atoms with Crippen LogP contribution in [0.15, 0.2) is 0 Å². The normalized spacial score (nSPS) is 30.8. The van der Waals surface area contributed by atoms with Crippen molar-refractivity contribution in [3.8, 4) is 0 Å². The molecule has 2 saturated heterocycles. The van der Waals surface area contributed by atoms with Crippen molar-refractivity contribution in [2.24, 2.45) is 0 Å². The van der Waals surface area contributed by atoms with Gasteiger partial charge in [-0.1, -0.05) is 0 Å². The van der Waals surface area contributed by atoms with Gasteiger partial charge in [-0.05, 0) is 25.1 Å². The van der Waals surface area contributed by atoms with Crippen LogP contribution in [-0.4, -0.2) is 28.6 Å². The number of cyclic esters (lactones) is 1. The summed E-state index contributed by atoms with van der Waals surface area (Å²) in [5, 5.41) is 0.368. The van der Waals surface area contributed by atoms with Gasteiger partial charge in [0.15, 0.2) is 0 Å². The molecular weight excluding hydrogens is 150 g/mol. The number of hydrogen-bond acceptors (Lipinski definition) is 3. The van der Waals surface area contributed by atoms with E-state index in [1.807, 2.05) is 4.90 Å². The maximum Gasteiger partial charge on any atom is 0.336 e. The largest absolute Gasteiger partial charge is 0.397 e. The fourth-order valence-corrected chi connectivity index (χ4v) is 1.74. The second-order valence-electron chi connectivity index (χ2n) is 2.54. The number of ether oxygens (including phenoxy) is 1. The smallest absolute Gasteiger partial charge is 0.336 e. The highest BCUT2D eigenvalue weighted by atomic mass is 32.1. The van der Waals surface area contributed by atoms with Crippen LogP contribution < -0.4 is 0 Å².